The molecule has 0 saturated carbocycles. The van der Waals surface area contributed by atoms with Crippen LogP contribution in [0.25, 0.3) is 0 Å². The molecular weight excluding hydrogens is 644 g/mol. The van der Waals surface area contributed by atoms with Crippen molar-refractivity contribution in [1.29, 1.82) is 0 Å². The zero-order valence-electron chi connectivity index (χ0n) is 15.5. The first-order valence-corrected chi connectivity index (χ1v) is 9.21. The summed E-state index contributed by atoms with van der Waals surface area (Å²) >= 11 is 3.25. The van der Waals surface area contributed by atoms with E-state index >= 15 is 0 Å². The van der Waals surface area contributed by atoms with Gasteiger partial charge in [-0.3, -0.25) is 9.35 Å². The minimum atomic E-state index is -9.22. The molecule has 1 N–H and O–H groups in total. The van der Waals surface area contributed by atoms with Crippen LogP contribution in [0.2, 0.25) is 0 Å². The van der Waals surface area contributed by atoms with E-state index in [-0.39, 0.29) is 0 Å². The van der Waals surface area contributed by atoms with Crippen LogP contribution in [0.15, 0.2) is 0 Å². The van der Waals surface area contributed by atoms with Gasteiger partial charge in [0.25, 0.3) is 5.78 Å². The Hall–Kier alpha value is -1.53. The molecule has 0 rings (SSSR count). The van der Waals surface area contributed by atoms with E-state index in [1.807, 2.05) is 0 Å². The van der Waals surface area contributed by atoms with Gasteiger partial charge >= 0.3 is 68.1 Å². The third-order valence-electron chi connectivity index (χ3n) is 3.98. The predicted molar refractivity (Wildman–Crippen MR) is 71.9 cm³/mol. The Kier molecular flexibility index (Phi) is 8.13. The van der Waals surface area contributed by atoms with Gasteiger partial charge in [0.15, 0.2) is 0 Å². The van der Waals surface area contributed by atoms with Crippen LogP contribution >= 0.6 is 11.6 Å². The van der Waals surface area contributed by atoms with Crippen molar-refractivity contribution in [1.82, 2.24) is 0 Å². The first-order valence-electron chi connectivity index (χ1n) is 7.39. The van der Waals surface area contributed by atoms with Crippen LogP contribution in [0.1, 0.15) is 0 Å². The Bertz CT molecular complexity index is 1010. The van der Waals surface area contributed by atoms with Gasteiger partial charge in [0.1, 0.15) is 0 Å². The summed E-state index contributed by atoms with van der Waals surface area (Å²) in [4.78, 5) is 10.8. The molecule has 0 aliphatic carbocycles. The number of ketones is 1. The first kappa shape index (κ1) is 35.5. The van der Waals surface area contributed by atoms with Gasteiger partial charge in [-0.25, -0.2) is 0 Å². The molecule has 0 aromatic rings. The Morgan fingerprint density at radius 1 is 0.486 bits per heavy atom. The molecule has 0 aliphatic rings. The number of halogens is 21. The highest BCUT2D eigenvalue weighted by atomic mass is 35.5. The van der Waals surface area contributed by atoms with Gasteiger partial charge in [-0.2, -0.15) is 96.2 Å². The van der Waals surface area contributed by atoms with Gasteiger partial charge < -0.3 is 0 Å². The molecule has 0 spiro atoms. The van der Waals surface area contributed by atoms with Crippen LogP contribution in [0.5, 0.6) is 0 Å². The second-order valence-corrected chi connectivity index (χ2v) is 8.35. The second kappa shape index (κ2) is 8.48. The largest absolute Gasteiger partial charge is 0.439 e. The molecule has 0 bridgehead atoms. The molecule has 4 nitrogen and oxygen atoms in total. The van der Waals surface area contributed by atoms with Crippen molar-refractivity contribution in [3.63, 3.8) is 0 Å². The number of carbonyl (C=O) groups excluding carboxylic acids is 1. The zero-order valence-corrected chi connectivity index (χ0v) is 17.1. The average molecular weight is 645 g/mol. The summed E-state index contributed by atoms with van der Waals surface area (Å²) in [5.74, 6) is -75.9. The normalized spacial score (nSPS) is 16.7. The van der Waals surface area contributed by atoms with Crippen molar-refractivity contribution in [2.45, 2.75) is 58.0 Å². The molecular formula is C11HClF20O4S. The van der Waals surface area contributed by atoms with E-state index in [4.69, 9.17) is 4.55 Å². The van der Waals surface area contributed by atoms with E-state index in [9.17, 15) is 101 Å². The summed E-state index contributed by atoms with van der Waals surface area (Å²) < 4.78 is 291. The topological polar surface area (TPSA) is 71.4 Å². The molecule has 222 valence electrons. The summed E-state index contributed by atoms with van der Waals surface area (Å²) in [7, 11) is -7.85. The highest BCUT2D eigenvalue weighted by molar-refractivity contribution is 7.87. The Morgan fingerprint density at radius 3 is 0.973 bits per heavy atom. The summed E-state index contributed by atoms with van der Waals surface area (Å²) in [5, 5.41) is -14.8. The molecule has 0 aliphatic heterocycles. The Balaban J connectivity index is 7.15. The standard InChI is InChI=1S/C11HClF20O4S/c12-10(29,30)9(27,28)8(25,26)7(23,24)6(21,22)5(19,20)4(17,18)2(13,14)1(33)3(15,16)11(31,32)37(34,35)36/h(H,34,35,36). The van der Waals surface area contributed by atoms with E-state index in [0.717, 1.165) is 0 Å². The monoisotopic (exact) mass is 644 g/mol. The fourth-order valence-corrected chi connectivity index (χ4v) is 2.33. The molecule has 0 radical (unpaired) electrons. The number of hydrogen-bond acceptors (Lipinski definition) is 3. The number of carbonyl (C=O) groups is 1. The third kappa shape index (κ3) is 4.34. The minimum absolute atomic E-state index is 3.25. The van der Waals surface area contributed by atoms with Crippen molar-refractivity contribution in [2.24, 2.45) is 0 Å². The van der Waals surface area contributed by atoms with Gasteiger partial charge in [-0.1, -0.05) is 0 Å². The molecule has 0 atom stereocenters. The average Bonchev–Trinajstić information content (AvgIpc) is 2.64. The molecule has 0 heterocycles. The van der Waals surface area contributed by atoms with Crippen LogP contribution in [0, 0.1) is 0 Å². The van der Waals surface area contributed by atoms with Crippen LogP contribution in [0.4, 0.5) is 87.8 Å². The fourth-order valence-electron chi connectivity index (χ4n) is 1.80. The zero-order chi connectivity index (χ0) is 31.1. The summed E-state index contributed by atoms with van der Waals surface area (Å²) in [5.41, 5.74) is 0. The molecule has 37 heavy (non-hydrogen) atoms. The van der Waals surface area contributed by atoms with E-state index in [0.29, 0.717) is 0 Å². The van der Waals surface area contributed by atoms with Crippen molar-refractivity contribution < 1.29 is 106 Å². The van der Waals surface area contributed by atoms with Gasteiger partial charge in [-0.05, 0) is 11.6 Å². The van der Waals surface area contributed by atoms with Crippen molar-refractivity contribution in [2.75, 3.05) is 0 Å². The van der Waals surface area contributed by atoms with Crippen molar-refractivity contribution >= 4 is 27.5 Å². The SMILES string of the molecule is O=C(C(F)(F)C(F)(F)C(F)(F)C(F)(F)C(F)(F)C(F)(F)C(F)(F)C(F)(F)Cl)C(F)(F)C(F)(F)S(=O)(=O)O. The molecule has 0 aromatic heterocycles. The third-order valence-corrected chi connectivity index (χ3v) is 5.12. The van der Waals surface area contributed by atoms with Crippen molar-refractivity contribution in [3.8, 4) is 0 Å². The van der Waals surface area contributed by atoms with Crippen LogP contribution < -0.4 is 0 Å². The molecule has 0 saturated heterocycles. The number of rotatable bonds is 11. The maximum atomic E-state index is 13.5. The van der Waals surface area contributed by atoms with Gasteiger partial charge in [-0.15, -0.1) is 0 Å². The Labute approximate surface area is 192 Å². The molecule has 0 unspecified atom stereocenters. The maximum absolute atomic E-state index is 13.5. The highest BCUT2D eigenvalue weighted by Gasteiger charge is 2.96. The van der Waals surface area contributed by atoms with Crippen LogP contribution in [-0.2, 0) is 14.9 Å². The van der Waals surface area contributed by atoms with E-state index in [2.05, 4.69) is 11.6 Å². The van der Waals surface area contributed by atoms with Gasteiger partial charge in [0.2, 0.25) is 0 Å². The summed E-state index contributed by atoms with van der Waals surface area (Å²) in [6.07, 6.45) is 0. The Morgan fingerprint density at radius 2 is 0.730 bits per heavy atom. The maximum Gasteiger partial charge on any atom is 0.439 e. The molecule has 0 fully saturated rings. The second-order valence-electron chi connectivity index (χ2n) is 6.41. The highest BCUT2D eigenvalue weighted by Crippen LogP contribution is 2.64. The number of hydrogen-bond donors (Lipinski definition) is 1. The number of alkyl halides is 21. The lowest BCUT2D eigenvalue weighted by Gasteiger charge is -2.43. The van der Waals surface area contributed by atoms with Crippen LogP contribution in [0.3, 0.4) is 0 Å². The minimum Gasteiger partial charge on any atom is -0.285 e. The fraction of sp³-hybridized carbons (Fsp3) is 0.909. The smallest absolute Gasteiger partial charge is 0.285 e. The quantitative estimate of drug-likeness (QED) is 0.172. The van der Waals surface area contributed by atoms with E-state index < -0.39 is 73.9 Å². The predicted octanol–water partition coefficient (Wildman–Crippen LogP) is 5.95. The van der Waals surface area contributed by atoms with E-state index in [1.165, 1.54) is 0 Å². The lowest BCUT2D eigenvalue weighted by atomic mass is 9.87. The van der Waals surface area contributed by atoms with Crippen molar-refractivity contribution in [3.05, 3.63) is 0 Å². The lowest BCUT2D eigenvalue weighted by molar-refractivity contribution is -0.446. The first-order chi connectivity index (χ1) is 15.4. The van der Waals surface area contributed by atoms with Gasteiger partial charge in [0.05, 0.1) is 0 Å². The van der Waals surface area contributed by atoms with E-state index in [1.54, 1.807) is 0 Å². The summed E-state index contributed by atoms with van der Waals surface area (Å²) in [6, 6.07) is 0. The molecule has 0 amide bonds. The summed E-state index contributed by atoms with van der Waals surface area (Å²) in [6.45, 7) is 0. The van der Waals surface area contributed by atoms with Gasteiger partial charge in [0, 0.05) is 0 Å². The molecule has 26 heteroatoms. The van der Waals surface area contributed by atoms with Crippen LogP contribution in [-0.4, -0.2) is 76.8 Å². The lowest BCUT2D eigenvalue weighted by Crippen LogP contribution is -2.75. The number of Topliss-reactive ketones (excluding diaryl/α,β-unsaturated/α-hetero) is 1. The molecule has 0 aromatic carbocycles.